The number of aromatic nitrogens is 4. The molecular weight excluding hydrogens is 262 g/mol. The van der Waals surface area contributed by atoms with E-state index in [4.69, 9.17) is 10.8 Å². The molecule has 0 aliphatic rings. The molecule has 0 atom stereocenters. The minimum atomic E-state index is 0.690. The summed E-state index contributed by atoms with van der Waals surface area (Å²) in [4.78, 5) is 0. The summed E-state index contributed by atoms with van der Waals surface area (Å²) in [5.41, 5.74) is 10.2. The van der Waals surface area contributed by atoms with E-state index in [0.717, 1.165) is 35.3 Å². The van der Waals surface area contributed by atoms with Crippen LogP contribution in [0.2, 0.25) is 0 Å². The Morgan fingerprint density at radius 1 is 1.10 bits per heavy atom. The summed E-state index contributed by atoms with van der Waals surface area (Å²) >= 11 is 0. The summed E-state index contributed by atoms with van der Waals surface area (Å²) in [7, 11) is 0. The van der Waals surface area contributed by atoms with Crippen molar-refractivity contribution in [2.24, 2.45) is 0 Å². The van der Waals surface area contributed by atoms with Gasteiger partial charge in [-0.05, 0) is 24.6 Å². The predicted octanol–water partition coefficient (Wildman–Crippen LogP) is 2.86. The van der Waals surface area contributed by atoms with Crippen LogP contribution in [0.4, 0.5) is 5.82 Å². The van der Waals surface area contributed by atoms with Gasteiger partial charge in [-0.15, -0.1) is 0 Å². The van der Waals surface area contributed by atoms with Crippen molar-refractivity contribution in [2.45, 2.75) is 19.8 Å². The first-order valence-electron chi connectivity index (χ1n) is 7.01. The van der Waals surface area contributed by atoms with Crippen LogP contribution in [-0.2, 0) is 6.42 Å². The highest BCUT2D eigenvalue weighted by Crippen LogP contribution is 2.29. The lowest BCUT2D eigenvalue weighted by molar-refractivity contribution is 0.891. The number of benzene rings is 1. The second kappa shape index (κ2) is 5.75. The first-order chi connectivity index (χ1) is 10.3. The minimum absolute atomic E-state index is 0.690. The van der Waals surface area contributed by atoms with Crippen LogP contribution in [0, 0.1) is 0 Å². The Morgan fingerprint density at radius 2 is 1.90 bits per heavy atom. The van der Waals surface area contributed by atoms with Gasteiger partial charge in [0.05, 0.1) is 23.8 Å². The van der Waals surface area contributed by atoms with Gasteiger partial charge in [-0.2, -0.15) is 15.3 Å². The Labute approximate surface area is 123 Å². The molecule has 3 rings (SSSR count). The van der Waals surface area contributed by atoms with E-state index >= 15 is 0 Å². The summed E-state index contributed by atoms with van der Waals surface area (Å²) in [6.07, 6.45) is 5.28. The molecule has 0 aliphatic heterocycles. The van der Waals surface area contributed by atoms with Gasteiger partial charge >= 0.3 is 0 Å². The molecule has 0 bridgehead atoms. The first kappa shape index (κ1) is 13.3. The van der Waals surface area contributed by atoms with Crippen LogP contribution >= 0.6 is 0 Å². The number of nitrogens with zero attached hydrogens (tertiary/aromatic N) is 4. The lowest BCUT2D eigenvalue weighted by Gasteiger charge is -2.04. The van der Waals surface area contributed by atoms with E-state index in [2.05, 4.69) is 17.1 Å². The van der Waals surface area contributed by atoms with Crippen molar-refractivity contribution in [1.82, 2.24) is 20.0 Å². The van der Waals surface area contributed by atoms with Gasteiger partial charge in [0.1, 0.15) is 5.82 Å². The molecule has 0 aliphatic carbocycles. The van der Waals surface area contributed by atoms with E-state index in [0.29, 0.717) is 5.82 Å². The second-order valence-electron chi connectivity index (χ2n) is 4.84. The third kappa shape index (κ3) is 2.50. The molecule has 5 heteroatoms. The van der Waals surface area contributed by atoms with Gasteiger partial charge in [0, 0.05) is 11.1 Å². The van der Waals surface area contributed by atoms with E-state index in [1.54, 1.807) is 17.1 Å². The van der Waals surface area contributed by atoms with E-state index in [-0.39, 0.29) is 0 Å². The number of hydrogen-bond donors (Lipinski definition) is 1. The number of nitrogen functional groups attached to an aromatic ring is 1. The molecule has 0 unspecified atom stereocenters. The molecule has 0 saturated heterocycles. The molecule has 2 N–H and O–H groups in total. The zero-order chi connectivity index (χ0) is 14.7. The Hall–Kier alpha value is -2.69. The number of nitrogens with two attached hydrogens (primary N) is 1. The molecule has 0 radical (unpaired) electrons. The fraction of sp³-hybridized carbons (Fsp3) is 0.188. The van der Waals surface area contributed by atoms with E-state index in [1.807, 2.05) is 36.4 Å². The molecule has 2 heterocycles. The Kier molecular flexibility index (Phi) is 3.64. The highest BCUT2D eigenvalue weighted by atomic mass is 15.3. The maximum atomic E-state index is 6.32. The summed E-state index contributed by atoms with van der Waals surface area (Å²) in [6.45, 7) is 2.13. The molecule has 0 spiro atoms. The highest BCUT2D eigenvalue weighted by Gasteiger charge is 2.17. The molecule has 5 nitrogen and oxygen atoms in total. The maximum Gasteiger partial charge on any atom is 0.131 e. The first-order valence-corrected chi connectivity index (χ1v) is 7.01. The van der Waals surface area contributed by atoms with Gasteiger partial charge in [0.2, 0.25) is 0 Å². The van der Waals surface area contributed by atoms with Gasteiger partial charge in [0.15, 0.2) is 0 Å². The van der Waals surface area contributed by atoms with Crippen LogP contribution < -0.4 is 5.73 Å². The molecule has 1 aromatic carbocycles. The summed E-state index contributed by atoms with van der Waals surface area (Å²) in [6, 6.07) is 11.8. The normalized spacial score (nSPS) is 10.7. The minimum Gasteiger partial charge on any atom is -0.383 e. The van der Waals surface area contributed by atoms with Crippen LogP contribution in [0.5, 0.6) is 0 Å². The number of rotatable bonds is 4. The number of hydrogen-bond acceptors (Lipinski definition) is 4. The smallest absolute Gasteiger partial charge is 0.131 e. The third-order valence-electron chi connectivity index (χ3n) is 3.38. The molecule has 2 aromatic heterocycles. The molecule has 0 saturated carbocycles. The van der Waals surface area contributed by atoms with Crippen molar-refractivity contribution in [3.8, 4) is 16.9 Å². The zero-order valence-electron chi connectivity index (χ0n) is 11.9. The largest absolute Gasteiger partial charge is 0.383 e. The molecule has 21 heavy (non-hydrogen) atoms. The summed E-state index contributed by atoms with van der Waals surface area (Å²) in [5, 5.41) is 12.4. The standard InChI is InChI=1S/C16H17N5/c1-2-6-14-15(12-9-10-18-19-11-12)20-21(16(14)17)13-7-4-3-5-8-13/h3-5,7-11H,2,6,17H2,1H3. The van der Waals surface area contributed by atoms with Crippen molar-refractivity contribution in [3.63, 3.8) is 0 Å². The number of anilines is 1. The summed E-state index contributed by atoms with van der Waals surface area (Å²) < 4.78 is 1.79. The monoisotopic (exact) mass is 279 g/mol. The molecule has 3 aromatic rings. The SMILES string of the molecule is CCCc1c(-c2ccnnc2)nn(-c2ccccc2)c1N. The average molecular weight is 279 g/mol. The van der Waals surface area contributed by atoms with Gasteiger partial charge < -0.3 is 5.73 Å². The average Bonchev–Trinajstić information content (AvgIpc) is 2.87. The van der Waals surface area contributed by atoms with Gasteiger partial charge in [0.25, 0.3) is 0 Å². The van der Waals surface area contributed by atoms with Crippen LogP contribution in [0.3, 0.4) is 0 Å². The Morgan fingerprint density at radius 3 is 2.57 bits per heavy atom. The highest BCUT2D eigenvalue weighted by molar-refractivity contribution is 5.69. The quantitative estimate of drug-likeness (QED) is 0.797. The van der Waals surface area contributed by atoms with E-state index < -0.39 is 0 Å². The lowest BCUT2D eigenvalue weighted by Crippen LogP contribution is -2.02. The Balaban J connectivity index is 2.16. The van der Waals surface area contributed by atoms with E-state index in [1.165, 1.54) is 0 Å². The van der Waals surface area contributed by atoms with Crippen molar-refractivity contribution in [3.05, 3.63) is 54.4 Å². The van der Waals surface area contributed by atoms with Crippen molar-refractivity contribution in [2.75, 3.05) is 5.73 Å². The fourth-order valence-corrected chi connectivity index (χ4v) is 2.39. The number of para-hydroxylation sites is 1. The predicted molar refractivity (Wildman–Crippen MR) is 83.0 cm³/mol. The molecule has 0 amide bonds. The summed E-state index contributed by atoms with van der Waals surface area (Å²) in [5.74, 6) is 0.690. The molecule has 106 valence electrons. The van der Waals surface area contributed by atoms with Crippen LogP contribution in [-0.4, -0.2) is 20.0 Å². The van der Waals surface area contributed by atoms with Gasteiger partial charge in [-0.3, -0.25) is 0 Å². The topological polar surface area (TPSA) is 69.6 Å². The molecule has 0 fully saturated rings. The van der Waals surface area contributed by atoms with Crippen LogP contribution in [0.1, 0.15) is 18.9 Å². The van der Waals surface area contributed by atoms with Crippen LogP contribution in [0.15, 0.2) is 48.8 Å². The second-order valence-corrected chi connectivity index (χ2v) is 4.84. The zero-order valence-corrected chi connectivity index (χ0v) is 11.9. The fourth-order valence-electron chi connectivity index (χ4n) is 2.39. The lowest BCUT2D eigenvalue weighted by atomic mass is 10.1. The van der Waals surface area contributed by atoms with Crippen LogP contribution in [0.25, 0.3) is 16.9 Å². The Bertz CT molecular complexity index is 719. The van der Waals surface area contributed by atoms with E-state index in [9.17, 15) is 0 Å². The third-order valence-corrected chi connectivity index (χ3v) is 3.38. The van der Waals surface area contributed by atoms with Crippen molar-refractivity contribution < 1.29 is 0 Å². The molecular formula is C16H17N5. The maximum absolute atomic E-state index is 6.32. The van der Waals surface area contributed by atoms with Crippen molar-refractivity contribution in [1.29, 1.82) is 0 Å². The van der Waals surface area contributed by atoms with Gasteiger partial charge in [-0.25, -0.2) is 4.68 Å². The van der Waals surface area contributed by atoms with Crippen molar-refractivity contribution >= 4 is 5.82 Å². The van der Waals surface area contributed by atoms with Gasteiger partial charge in [-0.1, -0.05) is 31.5 Å².